The summed E-state index contributed by atoms with van der Waals surface area (Å²) in [5, 5.41) is 0. The molecule has 0 amide bonds. The van der Waals surface area contributed by atoms with Gasteiger partial charge in [-0.15, -0.1) is 0 Å². The summed E-state index contributed by atoms with van der Waals surface area (Å²) >= 11 is 3.39. The van der Waals surface area contributed by atoms with Gasteiger partial charge in [0.15, 0.2) is 0 Å². The molecule has 0 spiro atoms. The average Bonchev–Trinajstić information content (AvgIpc) is 2.50. The number of hydrogen-bond acceptors (Lipinski definition) is 4. The van der Waals surface area contributed by atoms with E-state index in [9.17, 15) is 4.79 Å². The van der Waals surface area contributed by atoms with Crippen LogP contribution in [0.15, 0.2) is 46.9 Å². The van der Waals surface area contributed by atoms with E-state index in [0.717, 1.165) is 5.75 Å². The Morgan fingerprint density at radius 3 is 2.33 bits per heavy atom. The summed E-state index contributed by atoms with van der Waals surface area (Å²) in [7, 11) is 1.61. The topological polar surface area (TPSA) is 44.8 Å². The van der Waals surface area contributed by atoms with Crippen molar-refractivity contribution in [2.45, 2.75) is 6.92 Å². The number of carbonyl (C=O) groups is 1. The maximum Gasteiger partial charge on any atom is 0.338 e. The molecule has 0 saturated carbocycles. The summed E-state index contributed by atoms with van der Waals surface area (Å²) in [4.78, 5) is 11.6. The number of methoxy groups -OCH3 is 1. The second-order valence-corrected chi connectivity index (χ2v) is 5.00. The van der Waals surface area contributed by atoms with Gasteiger partial charge >= 0.3 is 5.97 Å². The molecule has 2 rings (SSSR count). The van der Waals surface area contributed by atoms with E-state index in [2.05, 4.69) is 15.9 Å². The number of ether oxygens (including phenoxy) is 3. The molecule has 0 atom stereocenters. The third-order valence-electron chi connectivity index (χ3n) is 2.73. The summed E-state index contributed by atoms with van der Waals surface area (Å²) in [6.45, 7) is 2.12. The van der Waals surface area contributed by atoms with Gasteiger partial charge in [-0.2, -0.15) is 0 Å². The highest BCUT2D eigenvalue weighted by atomic mass is 79.9. The van der Waals surface area contributed by atoms with Gasteiger partial charge in [-0.3, -0.25) is 0 Å². The summed E-state index contributed by atoms with van der Waals surface area (Å²) in [5.74, 6) is 1.71. The van der Waals surface area contributed by atoms with Gasteiger partial charge in [-0.25, -0.2) is 4.79 Å². The van der Waals surface area contributed by atoms with Crippen LogP contribution in [0.2, 0.25) is 0 Å². The molecule has 110 valence electrons. The normalized spacial score (nSPS) is 10.0. The minimum atomic E-state index is -0.353. The molecule has 5 heteroatoms. The van der Waals surface area contributed by atoms with E-state index in [1.54, 1.807) is 32.2 Å². The second kappa shape index (κ2) is 7.13. The zero-order valence-electron chi connectivity index (χ0n) is 11.8. The van der Waals surface area contributed by atoms with Crippen LogP contribution < -0.4 is 9.47 Å². The molecule has 0 N–H and O–H groups in total. The van der Waals surface area contributed by atoms with Crippen molar-refractivity contribution < 1.29 is 19.0 Å². The summed E-state index contributed by atoms with van der Waals surface area (Å²) in [6, 6.07) is 12.3. The highest BCUT2D eigenvalue weighted by molar-refractivity contribution is 9.10. The molecule has 0 aliphatic carbocycles. The Bertz CT molecular complexity index is 623. The molecule has 0 aliphatic rings. The van der Waals surface area contributed by atoms with Gasteiger partial charge in [-0.05, 0) is 65.3 Å². The average molecular weight is 351 g/mol. The number of esters is 1. The Balaban J connectivity index is 2.15. The van der Waals surface area contributed by atoms with Crippen LogP contribution in [0.25, 0.3) is 0 Å². The van der Waals surface area contributed by atoms with Crippen molar-refractivity contribution in [3.05, 3.63) is 52.5 Å². The van der Waals surface area contributed by atoms with Crippen molar-refractivity contribution in [1.82, 2.24) is 0 Å². The van der Waals surface area contributed by atoms with Crippen LogP contribution in [0, 0.1) is 0 Å². The quantitative estimate of drug-likeness (QED) is 0.748. The molecule has 21 heavy (non-hydrogen) atoms. The standard InChI is InChI=1S/C16H15BrO4/c1-3-20-16(18)11-4-9-15(14(17)10-11)21-13-7-5-12(19-2)6-8-13/h4-10H,3H2,1-2H3. The highest BCUT2D eigenvalue weighted by Crippen LogP contribution is 2.31. The molecule has 2 aromatic rings. The lowest BCUT2D eigenvalue weighted by Crippen LogP contribution is -2.04. The summed E-state index contributed by atoms with van der Waals surface area (Å²) < 4.78 is 16.5. The third-order valence-corrected chi connectivity index (χ3v) is 3.35. The Morgan fingerprint density at radius 2 is 1.76 bits per heavy atom. The molecule has 0 unspecified atom stereocenters. The van der Waals surface area contributed by atoms with Gasteiger partial charge in [0.05, 0.1) is 23.8 Å². The predicted octanol–water partition coefficient (Wildman–Crippen LogP) is 4.43. The highest BCUT2D eigenvalue weighted by Gasteiger charge is 2.10. The predicted molar refractivity (Wildman–Crippen MR) is 83.2 cm³/mol. The van der Waals surface area contributed by atoms with Gasteiger partial charge < -0.3 is 14.2 Å². The first-order chi connectivity index (χ1) is 10.1. The molecule has 0 radical (unpaired) electrons. The number of hydrogen-bond donors (Lipinski definition) is 0. The van der Waals surface area contributed by atoms with Crippen LogP contribution in [0.5, 0.6) is 17.2 Å². The molecular formula is C16H15BrO4. The largest absolute Gasteiger partial charge is 0.497 e. The van der Waals surface area contributed by atoms with Crippen LogP contribution >= 0.6 is 15.9 Å². The SMILES string of the molecule is CCOC(=O)c1ccc(Oc2ccc(OC)cc2)c(Br)c1. The smallest absolute Gasteiger partial charge is 0.338 e. The molecule has 4 nitrogen and oxygen atoms in total. The molecule has 0 aliphatic heterocycles. The zero-order valence-corrected chi connectivity index (χ0v) is 13.3. The number of carbonyl (C=O) groups excluding carboxylic acids is 1. The molecular weight excluding hydrogens is 336 g/mol. The fraction of sp³-hybridized carbons (Fsp3) is 0.188. The first kappa shape index (κ1) is 15.4. The van der Waals surface area contributed by atoms with E-state index < -0.39 is 0 Å². The Kier molecular flexibility index (Phi) is 5.22. The second-order valence-electron chi connectivity index (χ2n) is 4.14. The number of benzene rings is 2. The van der Waals surface area contributed by atoms with E-state index in [1.165, 1.54) is 0 Å². The van der Waals surface area contributed by atoms with Gasteiger partial charge in [0.25, 0.3) is 0 Å². The lowest BCUT2D eigenvalue weighted by molar-refractivity contribution is 0.0526. The monoisotopic (exact) mass is 350 g/mol. The van der Waals surface area contributed by atoms with Crippen molar-refractivity contribution in [2.24, 2.45) is 0 Å². The Hall–Kier alpha value is -2.01. The van der Waals surface area contributed by atoms with Crippen LogP contribution in [-0.2, 0) is 4.74 Å². The first-order valence-corrected chi connectivity index (χ1v) is 7.22. The summed E-state index contributed by atoms with van der Waals surface area (Å²) in [5.41, 5.74) is 0.478. The van der Waals surface area contributed by atoms with Crippen molar-refractivity contribution in [3.8, 4) is 17.2 Å². The Morgan fingerprint density at radius 1 is 1.10 bits per heavy atom. The van der Waals surface area contributed by atoms with Crippen molar-refractivity contribution in [3.63, 3.8) is 0 Å². The van der Waals surface area contributed by atoms with E-state index in [4.69, 9.17) is 14.2 Å². The maximum absolute atomic E-state index is 11.6. The maximum atomic E-state index is 11.6. The zero-order chi connectivity index (χ0) is 15.2. The van der Waals surface area contributed by atoms with Crippen molar-refractivity contribution in [2.75, 3.05) is 13.7 Å². The number of halogens is 1. The minimum absolute atomic E-state index is 0.348. The van der Waals surface area contributed by atoms with Crippen LogP contribution in [0.4, 0.5) is 0 Å². The summed E-state index contributed by atoms with van der Waals surface area (Å²) in [6.07, 6.45) is 0. The molecule has 0 aromatic heterocycles. The number of rotatable bonds is 5. The first-order valence-electron chi connectivity index (χ1n) is 6.42. The van der Waals surface area contributed by atoms with Gasteiger partial charge in [-0.1, -0.05) is 0 Å². The van der Waals surface area contributed by atoms with E-state index in [0.29, 0.717) is 28.1 Å². The van der Waals surface area contributed by atoms with Crippen molar-refractivity contribution >= 4 is 21.9 Å². The molecule has 0 saturated heterocycles. The molecule has 0 bridgehead atoms. The molecule has 2 aromatic carbocycles. The third kappa shape index (κ3) is 3.98. The van der Waals surface area contributed by atoms with Crippen LogP contribution in [0.3, 0.4) is 0 Å². The van der Waals surface area contributed by atoms with E-state index in [1.807, 2.05) is 24.3 Å². The fourth-order valence-electron chi connectivity index (χ4n) is 1.70. The minimum Gasteiger partial charge on any atom is -0.497 e. The van der Waals surface area contributed by atoms with Gasteiger partial charge in [0.2, 0.25) is 0 Å². The van der Waals surface area contributed by atoms with Crippen LogP contribution in [-0.4, -0.2) is 19.7 Å². The van der Waals surface area contributed by atoms with Gasteiger partial charge in [0.1, 0.15) is 17.2 Å². The fourth-order valence-corrected chi connectivity index (χ4v) is 2.16. The molecule has 0 fully saturated rings. The molecule has 0 heterocycles. The van der Waals surface area contributed by atoms with Gasteiger partial charge in [0, 0.05) is 0 Å². The van der Waals surface area contributed by atoms with Crippen molar-refractivity contribution in [1.29, 1.82) is 0 Å². The van der Waals surface area contributed by atoms with E-state index in [-0.39, 0.29) is 5.97 Å². The van der Waals surface area contributed by atoms with E-state index >= 15 is 0 Å². The van der Waals surface area contributed by atoms with Crippen LogP contribution in [0.1, 0.15) is 17.3 Å². The Labute approximate surface area is 131 Å². The lowest BCUT2D eigenvalue weighted by Gasteiger charge is -2.09. The lowest BCUT2D eigenvalue weighted by atomic mass is 10.2.